The number of pyridine rings is 1. The molecule has 3 rings (SSSR count). The van der Waals surface area contributed by atoms with Gasteiger partial charge in [0.2, 0.25) is 11.8 Å². The van der Waals surface area contributed by atoms with E-state index in [0.717, 1.165) is 63.6 Å². The molecule has 1 aliphatic carbocycles. The molecule has 1 saturated heterocycles. The summed E-state index contributed by atoms with van der Waals surface area (Å²) in [7, 11) is 0. The Kier molecular flexibility index (Phi) is 11.2. The topological polar surface area (TPSA) is 78.9 Å². The van der Waals surface area contributed by atoms with Crippen LogP contribution in [-0.4, -0.2) is 54.5 Å². The van der Waals surface area contributed by atoms with Crippen LogP contribution in [0.1, 0.15) is 57.4 Å². The smallest absolute Gasteiger partial charge is 0.222 e. The first kappa shape index (κ1) is 24.7. The van der Waals surface area contributed by atoms with Crippen molar-refractivity contribution in [1.82, 2.24) is 20.5 Å². The number of likely N-dealkylation sites (tertiary alicyclic amines) is 1. The minimum absolute atomic E-state index is 0. The highest BCUT2D eigenvalue weighted by Gasteiger charge is 2.22. The zero-order valence-corrected chi connectivity index (χ0v) is 20.4. The van der Waals surface area contributed by atoms with Gasteiger partial charge in [-0.1, -0.05) is 6.42 Å². The molecule has 1 aromatic heterocycles. The molecule has 2 heterocycles. The number of ether oxygens (including phenoxy) is 1. The van der Waals surface area contributed by atoms with E-state index in [1.165, 1.54) is 19.3 Å². The molecule has 1 aromatic rings. The lowest BCUT2D eigenvalue weighted by Crippen LogP contribution is -2.39. The van der Waals surface area contributed by atoms with Crippen LogP contribution >= 0.6 is 24.0 Å². The predicted molar refractivity (Wildman–Crippen MR) is 130 cm³/mol. The summed E-state index contributed by atoms with van der Waals surface area (Å²) >= 11 is 0. The van der Waals surface area contributed by atoms with Gasteiger partial charge in [0.05, 0.1) is 13.2 Å². The minimum Gasteiger partial charge on any atom is -0.477 e. The second-order valence-electron chi connectivity index (χ2n) is 7.92. The van der Waals surface area contributed by atoms with Gasteiger partial charge in [0, 0.05) is 44.9 Å². The van der Waals surface area contributed by atoms with Gasteiger partial charge in [0.1, 0.15) is 0 Å². The zero-order chi connectivity index (χ0) is 20.3. The van der Waals surface area contributed by atoms with Crippen molar-refractivity contribution in [3.05, 3.63) is 23.9 Å². The third-order valence-corrected chi connectivity index (χ3v) is 5.30. The molecule has 1 aliphatic heterocycles. The highest BCUT2D eigenvalue weighted by molar-refractivity contribution is 14.0. The quantitative estimate of drug-likeness (QED) is 0.211. The molecule has 0 radical (unpaired) electrons. The molecular formula is C22H36IN5O2. The number of aliphatic imine (C=N–C) groups is 1. The number of aromatic nitrogens is 1. The van der Waals surface area contributed by atoms with Crippen molar-refractivity contribution in [3.63, 3.8) is 0 Å². The average molecular weight is 529 g/mol. The van der Waals surface area contributed by atoms with Gasteiger partial charge in [-0.15, -0.1) is 24.0 Å². The maximum atomic E-state index is 12.1. The van der Waals surface area contributed by atoms with E-state index >= 15 is 0 Å². The number of amides is 1. The van der Waals surface area contributed by atoms with E-state index in [2.05, 4.69) is 27.5 Å². The highest BCUT2D eigenvalue weighted by atomic mass is 127. The molecule has 0 spiro atoms. The van der Waals surface area contributed by atoms with E-state index in [1.54, 1.807) is 6.20 Å². The predicted octanol–water partition coefficient (Wildman–Crippen LogP) is 3.34. The van der Waals surface area contributed by atoms with Crippen LogP contribution in [0.4, 0.5) is 0 Å². The number of hydrogen-bond donors (Lipinski definition) is 2. The van der Waals surface area contributed by atoms with E-state index in [1.807, 2.05) is 17.0 Å². The molecule has 2 N–H and O–H groups in total. The van der Waals surface area contributed by atoms with Crippen LogP contribution in [0, 0.1) is 5.92 Å². The number of carbonyl (C=O) groups is 1. The summed E-state index contributed by atoms with van der Waals surface area (Å²) < 4.78 is 5.76. The van der Waals surface area contributed by atoms with E-state index in [4.69, 9.17) is 4.74 Å². The van der Waals surface area contributed by atoms with Gasteiger partial charge >= 0.3 is 0 Å². The van der Waals surface area contributed by atoms with Crippen molar-refractivity contribution in [1.29, 1.82) is 0 Å². The Hall–Kier alpha value is -1.58. The molecule has 1 saturated carbocycles. The van der Waals surface area contributed by atoms with Crippen LogP contribution in [0.3, 0.4) is 0 Å². The number of carbonyl (C=O) groups excluding carboxylic acids is 1. The fourth-order valence-corrected chi connectivity index (χ4v) is 3.38. The summed E-state index contributed by atoms with van der Waals surface area (Å²) in [5.74, 6) is 2.50. The molecule has 8 heteroatoms. The number of guanidine groups is 1. The van der Waals surface area contributed by atoms with E-state index in [9.17, 15) is 4.79 Å². The maximum Gasteiger partial charge on any atom is 0.222 e. The third-order valence-electron chi connectivity index (χ3n) is 5.30. The zero-order valence-electron chi connectivity index (χ0n) is 18.1. The molecule has 0 unspecified atom stereocenters. The van der Waals surface area contributed by atoms with E-state index < -0.39 is 0 Å². The minimum atomic E-state index is 0. The average Bonchev–Trinajstić information content (AvgIpc) is 3.57. The number of rotatable bonds is 10. The van der Waals surface area contributed by atoms with Crippen molar-refractivity contribution in [2.75, 3.05) is 32.8 Å². The number of nitrogens with one attached hydrogen (secondary N) is 2. The Morgan fingerprint density at radius 1 is 1.30 bits per heavy atom. The molecule has 0 bridgehead atoms. The summed E-state index contributed by atoms with van der Waals surface area (Å²) in [6, 6.07) is 3.95. The molecule has 0 atom stereocenters. The van der Waals surface area contributed by atoms with Crippen LogP contribution in [-0.2, 0) is 11.3 Å². The molecule has 2 fully saturated rings. The van der Waals surface area contributed by atoms with Gasteiger partial charge < -0.3 is 20.3 Å². The first-order valence-corrected chi connectivity index (χ1v) is 11.1. The summed E-state index contributed by atoms with van der Waals surface area (Å²) in [6.45, 7) is 6.72. The van der Waals surface area contributed by atoms with E-state index in [0.29, 0.717) is 30.7 Å². The van der Waals surface area contributed by atoms with Crippen LogP contribution in [0.2, 0.25) is 0 Å². The van der Waals surface area contributed by atoms with Crippen molar-refractivity contribution in [2.45, 2.75) is 58.4 Å². The van der Waals surface area contributed by atoms with Crippen molar-refractivity contribution in [2.24, 2.45) is 10.9 Å². The Balaban J connectivity index is 0.00000320. The molecule has 0 aromatic carbocycles. The summed E-state index contributed by atoms with van der Waals surface area (Å²) in [6.07, 6.45) is 9.28. The third kappa shape index (κ3) is 9.06. The number of nitrogens with zero attached hydrogens (tertiary/aromatic N) is 3. The van der Waals surface area contributed by atoms with Crippen LogP contribution in [0.5, 0.6) is 5.88 Å². The normalized spacial score (nSPS) is 17.2. The molecular weight excluding hydrogens is 493 g/mol. The van der Waals surface area contributed by atoms with Gasteiger partial charge in [0.15, 0.2) is 5.96 Å². The van der Waals surface area contributed by atoms with Crippen molar-refractivity contribution in [3.8, 4) is 5.88 Å². The Morgan fingerprint density at radius 3 is 2.97 bits per heavy atom. The lowest BCUT2D eigenvalue weighted by Gasteiger charge is -2.20. The SMILES string of the molecule is CCNC(=NCc1ccnc(OCC2CC2)c1)NCCCN1CCCCCC1=O.I. The molecule has 2 aliphatic rings. The van der Waals surface area contributed by atoms with Crippen LogP contribution in [0.25, 0.3) is 0 Å². The molecule has 7 nitrogen and oxygen atoms in total. The monoisotopic (exact) mass is 529 g/mol. The first-order chi connectivity index (χ1) is 14.2. The van der Waals surface area contributed by atoms with E-state index in [-0.39, 0.29) is 24.0 Å². The van der Waals surface area contributed by atoms with Gasteiger partial charge in [0.25, 0.3) is 0 Å². The molecule has 30 heavy (non-hydrogen) atoms. The Bertz CT molecular complexity index is 681. The highest BCUT2D eigenvalue weighted by Crippen LogP contribution is 2.29. The van der Waals surface area contributed by atoms with Crippen LogP contribution < -0.4 is 15.4 Å². The second kappa shape index (κ2) is 13.7. The first-order valence-electron chi connectivity index (χ1n) is 11.1. The molecule has 168 valence electrons. The summed E-state index contributed by atoms with van der Waals surface area (Å²) in [4.78, 5) is 23.0. The number of hydrogen-bond acceptors (Lipinski definition) is 4. The fraction of sp³-hybridized carbons (Fsp3) is 0.682. The lowest BCUT2D eigenvalue weighted by molar-refractivity contribution is -0.130. The van der Waals surface area contributed by atoms with Crippen molar-refractivity contribution >= 4 is 35.8 Å². The standard InChI is InChI=1S/C22H35N5O2.HI/c1-2-23-22(25-11-6-14-27-13-5-3-4-7-21(27)28)26-16-19-10-12-24-20(15-19)29-17-18-8-9-18;/h10,12,15,18H,2-9,11,13-14,16-17H2,1H3,(H2,23,25,26);1H. The maximum absolute atomic E-state index is 12.1. The Labute approximate surface area is 197 Å². The van der Waals surface area contributed by atoms with Gasteiger partial charge in [-0.3, -0.25) is 4.79 Å². The van der Waals surface area contributed by atoms with Crippen molar-refractivity contribution < 1.29 is 9.53 Å². The molecule has 1 amide bonds. The largest absolute Gasteiger partial charge is 0.477 e. The summed E-state index contributed by atoms with van der Waals surface area (Å²) in [5, 5.41) is 6.66. The van der Waals surface area contributed by atoms with Gasteiger partial charge in [-0.25, -0.2) is 9.98 Å². The summed E-state index contributed by atoms with van der Waals surface area (Å²) in [5.41, 5.74) is 1.08. The second-order valence-corrected chi connectivity index (χ2v) is 7.92. The fourth-order valence-electron chi connectivity index (χ4n) is 3.38. The number of halogens is 1. The van der Waals surface area contributed by atoms with Crippen LogP contribution in [0.15, 0.2) is 23.3 Å². The van der Waals surface area contributed by atoms with Gasteiger partial charge in [-0.2, -0.15) is 0 Å². The Morgan fingerprint density at radius 2 is 2.17 bits per heavy atom. The lowest BCUT2D eigenvalue weighted by atomic mass is 10.2. The van der Waals surface area contributed by atoms with Gasteiger partial charge in [-0.05, 0) is 56.6 Å².